The molecule has 102 valence electrons. The van der Waals surface area contributed by atoms with Crippen molar-refractivity contribution in [3.8, 4) is 5.88 Å². The Labute approximate surface area is 110 Å². The van der Waals surface area contributed by atoms with E-state index in [4.69, 9.17) is 4.74 Å². The van der Waals surface area contributed by atoms with Crippen LogP contribution in [-0.2, 0) is 7.05 Å². The Morgan fingerprint density at radius 3 is 2.67 bits per heavy atom. The lowest BCUT2D eigenvalue weighted by atomic mass is 10.0. The molecule has 0 aliphatic carbocycles. The van der Waals surface area contributed by atoms with E-state index in [2.05, 4.69) is 37.3 Å². The van der Waals surface area contributed by atoms with Crippen LogP contribution in [-0.4, -0.2) is 30.0 Å². The minimum absolute atomic E-state index is 0.508. The Bertz CT molecular complexity index is 419. The lowest BCUT2D eigenvalue weighted by molar-refractivity contribution is 0.372. The summed E-state index contributed by atoms with van der Waals surface area (Å²) < 4.78 is 7.20. The third-order valence-electron chi connectivity index (χ3n) is 3.06. The topological polar surface area (TPSA) is 39.1 Å². The van der Waals surface area contributed by atoms with Gasteiger partial charge in [0.15, 0.2) is 0 Å². The number of aryl methyl sites for hydroxylation is 2. The van der Waals surface area contributed by atoms with E-state index < -0.39 is 0 Å². The largest absolute Gasteiger partial charge is 0.481 e. The van der Waals surface area contributed by atoms with Crippen LogP contribution in [0.4, 0.5) is 0 Å². The molecule has 1 rings (SSSR count). The van der Waals surface area contributed by atoms with Crippen LogP contribution in [0.15, 0.2) is 5.57 Å². The zero-order valence-electron chi connectivity index (χ0n) is 12.4. The third-order valence-corrected chi connectivity index (χ3v) is 3.06. The Kier molecular flexibility index (Phi) is 5.41. The number of nitrogens with zero attached hydrogens (tertiary/aromatic N) is 2. The lowest BCUT2D eigenvalue weighted by Gasteiger charge is -2.12. The van der Waals surface area contributed by atoms with E-state index in [9.17, 15) is 0 Å². The fourth-order valence-electron chi connectivity index (χ4n) is 1.94. The first-order valence-electron chi connectivity index (χ1n) is 6.50. The minimum Gasteiger partial charge on any atom is -0.481 e. The van der Waals surface area contributed by atoms with Gasteiger partial charge in [0, 0.05) is 13.6 Å². The summed E-state index contributed by atoms with van der Waals surface area (Å²) in [6, 6.07) is 0. The van der Waals surface area contributed by atoms with Crippen molar-refractivity contribution in [2.45, 2.75) is 27.7 Å². The maximum absolute atomic E-state index is 5.42. The first kappa shape index (κ1) is 14.8. The number of likely N-dealkylation sites (N-methyl/N-ethyl adjacent to an activating group) is 1. The summed E-state index contributed by atoms with van der Waals surface area (Å²) in [5.74, 6) is 1.33. The average molecular weight is 251 g/mol. The second-order valence-corrected chi connectivity index (χ2v) is 4.79. The van der Waals surface area contributed by atoms with Gasteiger partial charge in [0.2, 0.25) is 5.88 Å². The molecule has 0 spiro atoms. The highest BCUT2D eigenvalue weighted by molar-refractivity contribution is 5.61. The molecule has 0 unspecified atom stereocenters. The van der Waals surface area contributed by atoms with Gasteiger partial charge >= 0.3 is 0 Å². The van der Waals surface area contributed by atoms with Crippen LogP contribution in [0.2, 0.25) is 0 Å². The minimum atomic E-state index is 0.508. The van der Waals surface area contributed by atoms with Crippen molar-refractivity contribution in [1.29, 1.82) is 0 Å². The Morgan fingerprint density at radius 2 is 2.17 bits per heavy atom. The van der Waals surface area contributed by atoms with Gasteiger partial charge in [-0.3, -0.25) is 0 Å². The van der Waals surface area contributed by atoms with E-state index in [0.29, 0.717) is 5.92 Å². The number of aromatic nitrogens is 2. The van der Waals surface area contributed by atoms with Gasteiger partial charge in [0.25, 0.3) is 0 Å². The van der Waals surface area contributed by atoms with Crippen molar-refractivity contribution < 1.29 is 4.74 Å². The molecule has 1 heterocycles. The van der Waals surface area contributed by atoms with E-state index in [-0.39, 0.29) is 0 Å². The Balaban J connectivity index is 3.10. The van der Waals surface area contributed by atoms with Crippen molar-refractivity contribution in [1.82, 2.24) is 15.1 Å². The number of hydrogen-bond acceptors (Lipinski definition) is 3. The van der Waals surface area contributed by atoms with E-state index >= 15 is 0 Å². The fraction of sp³-hybridized carbons (Fsp3) is 0.643. The number of ether oxygens (including phenoxy) is 1. The van der Waals surface area contributed by atoms with Gasteiger partial charge in [-0.15, -0.1) is 0 Å². The smallest absolute Gasteiger partial charge is 0.218 e. The predicted molar refractivity (Wildman–Crippen MR) is 75.9 cm³/mol. The molecular weight excluding hydrogens is 226 g/mol. The number of hydrogen-bond donors (Lipinski definition) is 1. The maximum atomic E-state index is 5.42. The highest BCUT2D eigenvalue weighted by Crippen LogP contribution is 2.25. The molecule has 0 radical (unpaired) electrons. The van der Waals surface area contributed by atoms with Crippen LogP contribution in [0.5, 0.6) is 5.88 Å². The summed E-state index contributed by atoms with van der Waals surface area (Å²) in [6.07, 6.45) is 2.20. The van der Waals surface area contributed by atoms with E-state index in [0.717, 1.165) is 30.2 Å². The average Bonchev–Trinajstić information content (AvgIpc) is 2.58. The second kappa shape index (κ2) is 6.59. The molecule has 0 aliphatic rings. The molecule has 0 aliphatic heterocycles. The lowest BCUT2D eigenvalue weighted by Crippen LogP contribution is -2.18. The van der Waals surface area contributed by atoms with Gasteiger partial charge in [0.1, 0.15) is 0 Å². The number of nitrogens with one attached hydrogen (secondary N) is 1. The molecule has 1 aromatic heterocycles. The number of rotatable bonds is 6. The summed E-state index contributed by atoms with van der Waals surface area (Å²) >= 11 is 0. The molecule has 0 amide bonds. The van der Waals surface area contributed by atoms with Gasteiger partial charge in [-0.25, -0.2) is 4.68 Å². The molecule has 0 saturated heterocycles. The zero-order valence-corrected chi connectivity index (χ0v) is 12.4. The first-order chi connectivity index (χ1) is 8.51. The molecule has 0 fully saturated rings. The zero-order chi connectivity index (χ0) is 13.7. The van der Waals surface area contributed by atoms with E-state index in [1.165, 1.54) is 5.57 Å². The predicted octanol–water partition coefficient (Wildman–Crippen LogP) is 2.39. The summed E-state index contributed by atoms with van der Waals surface area (Å²) in [7, 11) is 3.59. The van der Waals surface area contributed by atoms with Crippen molar-refractivity contribution >= 4 is 6.08 Å². The Morgan fingerprint density at radius 1 is 1.50 bits per heavy atom. The molecule has 4 heteroatoms. The molecule has 0 saturated carbocycles. The molecular formula is C14H25N3O. The van der Waals surface area contributed by atoms with Crippen molar-refractivity contribution in [3.63, 3.8) is 0 Å². The van der Waals surface area contributed by atoms with Gasteiger partial charge < -0.3 is 10.1 Å². The molecule has 0 bridgehead atoms. The normalized spacial score (nSPS) is 12.3. The van der Waals surface area contributed by atoms with Gasteiger partial charge in [-0.2, -0.15) is 5.10 Å². The highest BCUT2D eigenvalue weighted by atomic mass is 16.5. The summed E-state index contributed by atoms with van der Waals surface area (Å²) in [4.78, 5) is 0. The van der Waals surface area contributed by atoms with Crippen LogP contribution >= 0.6 is 0 Å². The second-order valence-electron chi connectivity index (χ2n) is 4.79. The first-order valence-corrected chi connectivity index (χ1v) is 6.50. The van der Waals surface area contributed by atoms with E-state index in [1.807, 2.05) is 14.0 Å². The standard InChI is InChI=1S/C14H25N3O/c1-7-15-9-12(10(2)3)8-13-11(4)16-17(5)14(13)18-6/h8,10,15H,7,9H2,1-6H3. The maximum Gasteiger partial charge on any atom is 0.218 e. The summed E-state index contributed by atoms with van der Waals surface area (Å²) in [6.45, 7) is 10.4. The van der Waals surface area contributed by atoms with Gasteiger partial charge in [0.05, 0.1) is 18.4 Å². The molecule has 0 aromatic carbocycles. The van der Waals surface area contributed by atoms with Crippen LogP contribution in [0.3, 0.4) is 0 Å². The van der Waals surface area contributed by atoms with E-state index in [1.54, 1.807) is 11.8 Å². The van der Waals surface area contributed by atoms with Crippen molar-refractivity contribution in [2.75, 3.05) is 20.2 Å². The molecule has 1 N–H and O–H groups in total. The van der Waals surface area contributed by atoms with Crippen LogP contribution in [0.1, 0.15) is 32.0 Å². The highest BCUT2D eigenvalue weighted by Gasteiger charge is 2.13. The fourth-order valence-corrected chi connectivity index (χ4v) is 1.94. The molecule has 4 nitrogen and oxygen atoms in total. The monoisotopic (exact) mass is 251 g/mol. The van der Waals surface area contributed by atoms with Crippen LogP contribution in [0, 0.1) is 12.8 Å². The quantitative estimate of drug-likeness (QED) is 0.843. The summed E-state index contributed by atoms with van der Waals surface area (Å²) in [5, 5.41) is 7.78. The van der Waals surface area contributed by atoms with Gasteiger partial charge in [-0.05, 0) is 25.5 Å². The van der Waals surface area contributed by atoms with Crippen molar-refractivity contribution in [3.05, 3.63) is 16.8 Å². The van der Waals surface area contributed by atoms with Crippen LogP contribution in [0.25, 0.3) is 6.08 Å². The Hall–Kier alpha value is -1.29. The molecule has 18 heavy (non-hydrogen) atoms. The third kappa shape index (κ3) is 3.35. The molecule has 0 atom stereocenters. The van der Waals surface area contributed by atoms with Gasteiger partial charge in [-0.1, -0.05) is 26.3 Å². The van der Waals surface area contributed by atoms with Crippen LogP contribution < -0.4 is 10.1 Å². The SMILES string of the molecule is CCNCC(=Cc1c(C)nn(C)c1OC)C(C)C. The van der Waals surface area contributed by atoms with Crippen molar-refractivity contribution in [2.24, 2.45) is 13.0 Å². The molecule has 1 aromatic rings. The summed E-state index contributed by atoms with van der Waals surface area (Å²) in [5.41, 5.74) is 3.46. The number of methoxy groups -OCH3 is 1.